The summed E-state index contributed by atoms with van der Waals surface area (Å²) in [5.41, 5.74) is 0. The number of piperazine rings is 1. The molecule has 7 heteroatoms. The molecule has 2 atom stereocenters. The van der Waals surface area contributed by atoms with E-state index in [1.165, 1.54) is 32.7 Å². The van der Waals surface area contributed by atoms with Crippen molar-refractivity contribution in [3.8, 4) is 0 Å². The van der Waals surface area contributed by atoms with E-state index in [1.807, 2.05) is 11.0 Å². The van der Waals surface area contributed by atoms with E-state index < -0.39 is 0 Å². The van der Waals surface area contributed by atoms with Gasteiger partial charge in [0.2, 0.25) is 5.91 Å². The van der Waals surface area contributed by atoms with Crippen molar-refractivity contribution in [2.75, 3.05) is 64.3 Å². The topological polar surface area (TPSA) is 56.1 Å². The summed E-state index contributed by atoms with van der Waals surface area (Å²) in [6.07, 6.45) is 2.20. The Morgan fingerprint density at radius 2 is 1.93 bits per heavy atom. The lowest BCUT2D eigenvalue weighted by Gasteiger charge is -2.43. The predicted molar refractivity (Wildman–Crippen MR) is 114 cm³/mol. The number of hydrogen-bond donors (Lipinski definition) is 0. The Morgan fingerprint density at radius 3 is 2.55 bits per heavy atom. The Bertz CT molecular complexity index is 691. The van der Waals surface area contributed by atoms with Crippen LogP contribution in [-0.4, -0.2) is 91.2 Å². The molecule has 0 bridgehead atoms. The van der Waals surface area contributed by atoms with Gasteiger partial charge in [-0.1, -0.05) is 19.0 Å². The van der Waals surface area contributed by atoms with E-state index in [2.05, 4.69) is 47.7 Å². The Kier molecular flexibility index (Phi) is 6.16. The van der Waals surface area contributed by atoms with Crippen LogP contribution < -0.4 is 4.90 Å². The minimum absolute atomic E-state index is 0.192. The molecule has 1 amide bonds. The van der Waals surface area contributed by atoms with Gasteiger partial charge in [-0.05, 0) is 32.7 Å². The first-order chi connectivity index (χ1) is 13.9. The molecule has 0 aromatic carbocycles. The monoisotopic (exact) mass is 403 g/mol. The van der Waals surface area contributed by atoms with Crippen LogP contribution in [0.5, 0.6) is 0 Å². The maximum absolute atomic E-state index is 13.2. The highest BCUT2D eigenvalue weighted by Gasteiger charge is 2.37. The van der Waals surface area contributed by atoms with Crippen molar-refractivity contribution in [2.45, 2.75) is 45.6 Å². The normalized spacial score (nSPS) is 25.6. The summed E-state index contributed by atoms with van der Waals surface area (Å²) >= 11 is 0. The first-order valence-corrected chi connectivity index (χ1v) is 11.3. The van der Waals surface area contributed by atoms with Gasteiger partial charge < -0.3 is 24.1 Å². The lowest BCUT2D eigenvalue weighted by atomic mass is 9.91. The predicted octanol–water partition coefficient (Wildman–Crippen LogP) is 2.11. The van der Waals surface area contributed by atoms with Gasteiger partial charge in [0.25, 0.3) is 0 Å². The van der Waals surface area contributed by atoms with Crippen LogP contribution in [0.1, 0.15) is 45.3 Å². The van der Waals surface area contributed by atoms with Crippen LogP contribution in [0, 0.1) is 11.8 Å². The third-order valence-electron chi connectivity index (χ3n) is 6.98. The SMILES string of the molecule is CC(C)C(C(=O)N1CCCC1C)c1cc(N2CC(CN3CCN(C)CC3)C2)no1. The average Bonchev–Trinajstić information content (AvgIpc) is 3.28. The number of likely N-dealkylation sites (tertiary alicyclic amines) is 1. The molecule has 0 spiro atoms. The molecule has 0 saturated carbocycles. The molecule has 3 aliphatic heterocycles. The number of nitrogens with zero attached hydrogens (tertiary/aromatic N) is 5. The molecule has 0 aliphatic carbocycles. The van der Waals surface area contributed by atoms with Crippen LogP contribution in [0.4, 0.5) is 5.82 Å². The molecular weight excluding hydrogens is 366 g/mol. The zero-order chi connectivity index (χ0) is 20.5. The maximum Gasteiger partial charge on any atom is 0.233 e. The molecule has 4 rings (SSSR count). The molecule has 4 heterocycles. The highest BCUT2D eigenvalue weighted by atomic mass is 16.5. The highest BCUT2D eigenvalue weighted by Crippen LogP contribution is 2.33. The Balaban J connectivity index is 1.33. The third kappa shape index (κ3) is 4.45. The molecule has 1 aromatic heterocycles. The first kappa shape index (κ1) is 20.7. The minimum atomic E-state index is -0.237. The summed E-state index contributed by atoms with van der Waals surface area (Å²) < 4.78 is 5.70. The Morgan fingerprint density at radius 1 is 1.21 bits per heavy atom. The third-order valence-corrected chi connectivity index (χ3v) is 6.98. The lowest BCUT2D eigenvalue weighted by molar-refractivity contribution is -0.134. The number of amides is 1. The summed E-state index contributed by atoms with van der Waals surface area (Å²) in [4.78, 5) is 22.5. The van der Waals surface area contributed by atoms with E-state index in [9.17, 15) is 4.79 Å². The van der Waals surface area contributed by atoms with Gasteiger partial charge in [-0.15, -0.1) is 0 Å². The average molecular weight is 404 g/mol. The second-order valence-corrected chi connectivity index (χ2v) is 9.71. The fraction of sp³-hybridized carbons (Fsp3) is 0.818. The first-order valence-electron chi connectivity index (χ1n) is 11.3. The molecule has 2 unspecified atom stereocenters. The molecule has 0 N–H and O–H groups in total. The van der Waals surface area contributed by atoms with Crippen LogP contribution in [0.3, 0.4) is 0 Å². The fourth-order valence-electron chi connectivity index (χ4n) is 5.02. The van der Waals surface area contributed by atoms with Crippen molar-refractivity contribution in [2.24, 2.45) is 11.8 Å². The van der Waals surface area contributed by atoms with Crippen molar-refractivity contribution < 1.29 is 9.32 Å². The summed E-state index contributed by atoms with van der Waals surface area (Å²) in [6.45, 7) is 15.1. The van der Waals surface area contributed by atoms with E-state index in [0.29, 0.717) is 12.0 Å². The summed E-state index contributed by atoms with van der Waals surface area (Å²) in [6, 6.07) is 2.34. The van der Waals surface area contributed by atoms with Crippen molar-refractivity contribution in [3.05, 3.63) is 11.8 Å². The standard InChI is InChI=1S/C22H37N5O2/c1-16(2)21(22(28)27-7-5-6-17(27)3)19-12-20(23-29-19)26-14-18(15-26)13-25-10-8-24(4)9-11-25/h12,16-18,21H,5-11,13-15H2,1-4H3. The molecule has 7 nitrogen and oxygen atoms in total. The summed E-state index contributed by atoms with van der Waals surface area (Å²) in [7, 11) is 2.20. The van der Waals surface area contributed by atoms with E-state index in [-0.39, 0.29) is 17.7 Å². The van der Waals surface area contributed by atoms with Crippen LogP contribution in [-0.2, 0) is 4.79 Å². The van der Waals surface area contributed by atoms with Gasteiger partial charge in [0.1, 0.15) is 5.92 Å². The quantitative estimate of drug-likeness (QED) is 0.725. The summed E-state index contributed by atoms with van der Waals surface area (Å²) in [5, 5.41) is 4.32. The van der Waals surface area contributed by atoms with Crippen molar-refractivity contribution in [1.82, 2.24) is 19.9 Å². The Hall–Kier alpha value is -1.60. The molecule has 29 heavy (non-hydrogen) atoms. The number of rotatable bonds is 6. The largest absolute Gasteiger partial charge is 0.358 e. The molecule has 3 saturated heterocycles. The number of carbonyl (C=O) groups excluding carboxylic acids is 1. The molecule has 3 fully saturated rings. The zero-order valence-electron chi connectivity index (χ0n) is 18.5. The van der Waals surface area contributed by atoms with Gasteiger partial charge in [0.15, 0.2) is 11.6 Å². The van der Waals surface area contributed by atoms with Crippen molar-refractivity contribution in [1.29, 1.82) is 0 Å². The van der Waals surface area contributed by atoms with Crippen LogP contribution in [0.25, 0.3) is 0 Å². The number of carbonyl (C=O) groups is 1. The second kappa shape index (κ2) is 8.64. The van der Waals surface area contributed by atoms with E-state index in [0.717, 1.165) is 44.1 Å². The molecule has 162 valence electrons. The van der Waals surface area contributed by atoms with Gasteiger partial charge >= 0.3 is 0 Å². The van der Waals surface area contributed by atoms with Crippen molar-refractivity contribution in [3.63, 3.8) is 0 Å². The van der Waals surface area contributed by atoms with E-state index in [1.54, 1.807) is 0 Å². The van der Waals surface area contributed by atoms with Gasteiger partial charge in [0, 0.05) is 70.4 Å². The van der Waals surface area contributed by atoms with Crippen LogP contribution in [0.2, 0.25) is 0 Å². The highest BCUT2D eigenvalue weighted by molar-refractivity contribution is 5.84. The van der Waals surface area contributed by atoms with Gasteiger partial charge in [-0.2, -0.15) is 0 Å². The molecule has 1 aromatic rings. The zero-order valence-corrected chi connectivity index (χ0v) is 18.5. The Labute approximate surface area is 175 Å². The van der Waals surface area contributed by atoms with Crippen LogP contribution >= 0.6 is 0 Å². The van der Waals surface area contributed by atoms with E-state index >= 15 is 0 Å². The number of hydrogen-bond acceptors (Lipinski definition) is 6. The molecule has 3 aliphatic rings. The van der Waals surface area contributed by atoms with Gasteiger partial charge in [0.05, 0.1) is 0 Å². The fourth-order valence-corrected chi connectivity index (χ4v) is 5.02. The smallest absolute Gasteiger partial charge is 0.233 e. The number of likely N-dealkylation sites (N-methyl/N-ethyl adjacent to an activating group) is 1. The second-order valence-electron chi connectivity index (χ2n) is 9.71. The maximum atomic E-state index is 13.2. The van der Waals surface area contributed by atoms with Crippen LogP contribution in [0.15, 0.2) is 10.6 Å². The minimum Gasteiger partial charge on any atom is -0.358 e. The summed E-state index contributed by atoms with van der Waals surface area (Å²) in [5.74, 6) is 2.47. The van der Waals surface area contributed by atoms with Crippen molar-refractivity contribution >= 4 is 11.7 Å². The molecular formula is C22H37N5O2. The number of anilines is 1. The molecule has 0 radical (unpaired) electrons. The number of aromatic nitrogens is 1. The van der Waals surface area contributed by atoms with Gasteiger partial charge in [-0.3, -0.25) is 4.79 Å². The van der Waals surface area contributed by atoms with Gasteiger partial charge in [-0.25, -0.2) is 0 Å². The van der Waals surface area contributed by atoms with E-state index in [4.69, 9.17) is 4.52 Å². The lowest BCUT2D eigenvalue weighted by Crippen LogP contribution is -2.54.